The average Bonchev–Trinajstić information content (AvgIpc) is 3.64. The van der Waals surface area contributed by atoms with Gasteiger partial charge in [-0.3, -0.25) is 4.79 Å². The molecule has 7 rings (SSSR count). The zero-order valence-corrected chi connectivity index (χ0v) is 20.3. The molecule has 0 saturated heterocycles. The van der Waals surface area contributed by atoms with Crippen LogP contribution in [0.25, 0.3) is 39.4 Å². The summed E-state index contributed by atoms with van der Waals surface area (Å²) in [6.07, 6.45) is 3.77. The van der Waals surface area contributed by atoms with Crippen molar-refractivity contribution in [2.24, 2.45) is 0 Å². The molecule has 0 unspecified atom stereocenters. The number of thiazole rings is 1. The summed E-state index contributed by atoms with van der Waals surface area (Å²) < 4.78 is 15.2. The summed E-state index contributed by atoms with van der Waals surface area (Å²) in [7, 11) is 0. The van der Waals surface area contributed by atoms with Crippen LogP contribution in [0.15, 0.2) is 89.9 Å². The van der Waals surface area contributed by atoms with Crippen LogP contribution in [0.1, 0.15) is 5.56 Å². The predicted octanol–water partition coefficient (Wildman–Crippen LogP) is 3.99. The van der Waals surface area contributed by atoms with Crippen molar-refractivity contribution in [1.82, 2.24) is 24.4 Å². The van der Waals surface area contributed by atoms with Gasteiger partial charge in [-0.15, -0.1) is 5.10 Å². The van der Waals surface area contributed by atoms with Crippen molar-refractivity contribution in [3.63, 3.8) is 0 Å². The average molecular weight is 506 g/mol. The van der Waals surface area contributed by atoms with Gasteiger partial charge in [0.2, 0.25) is 4.96 Å². The third-order valence-electron chi connectivity index (χ3n) is 6.08. The van der Waals surface area contributed by atoms with Crippen LogP contribution in [0.4, 0.5) is 0 Å². The quantitative estimate of drug-likeness (QED) is 0.360. The third kappa shape index (κ3) is 3.85. The van der Waals surface area contributed by atoms with Gasteiger partial charge in [0.05, 0.1) is 10.2 Å². The number of para-hydroxylation sites is 1. The lowest BCUT2D eigenvalue weighted by Gasteiger charge is -2.18. The number of ether oxygens (including phenoxy) is 2. The highest BCUT2D eigenvalue weighted by atomic mass is 32.1. The molecule has 0 spiro atoms. The molecule has 0 amide bonds. The van der Waals surface area contributed by atoms with Gasteiger partial charge in [0.25, 0.3) is 5.56 Å². The first-order valence-corrected chi connectivity index (χ1v) is 12.6. The van der Waals surface area contributed by atoms with Crippen LogP contribution in [-0.2, 0) is 0 Å². The van der Waals surface area contributed by atoms with E-state index < -0.39 is 0 Å². The monoisotopic (exact) mass is 505 g/mol. The summed E-state index contributed by atoms with van der Waals surface area (Å²) in [6.45, 7) is 1.03. The topological polar surface area (TPSA) is 83.5 Å². The van der Waals surface area contributed by atoms with E-state index in [1.165, 1.54) is 15.9 Å². The second-order valence-electron chi connectivity index (χ2n) is 8.48. The Bertz CT molecular complexity index is 1860. The molecule has 180 valence electrons. The Hall–Kier alpha value is -4.76. The van der Waals surface area contributed by atoms with Crippen LogP contribution in [0.5, 0.6) is 11.5 Å². The molecule has 0 bridgehead atoms. The highest BCUT2D eigenvalue weighted by Gasteiger charge is 2.18. The van der Waals surface area contributed by atoms with E-state index in [4.69, 9.17) is 14.6 Å². The number of hydrogen-bond donors (Lipinski definition) is 0. The molecule has 1 aliphatic rings. The molecule has 0 saturated carbocycles. The summed E-state index contributed by atoms with van der Waals surface area (Å²) in [5.74, 6) is 1.93. The van der Waals surface area contributed by atoms with Gasteiger partial charge in [-0.25, -0.2) is 4.68 Å². The zero-order chi connectivity index (χ0) is 24.8. The van der Waals surface area contributed by atoms with Crippen molar-refractivity contribution in [3.05, 3.63) is 106 Å². The van der Waals surface area contributed by atoms with Crippen LogP contribution < -0.4 is 19.6 Å². The number of nitrogens with zero attached hydrogens (tertiary/aromatic N) is 5. The molecule has 3 aromatic carbocycles. The number of rotatable bonds is 4. The van der Waals surface area contributed by atoms with Crippen LogP contribution >= 0.6 is 11.3 Å². The third-order valence-corrected chi connectivity index (χ3v) is 7.04. The smallest absolute Gasteiger partial charge is 0.291 e. The largest absolute Gasteiger partial charge is 0.486 e. The van der Waals surface area contributed by atoms with E-state index >= 15 is 0 Å². The molecular weight excluding hydrogens is 486 g/mol. The van der Waals surface area contributed by atoms with E-state index in [1.54, 1.807) is 0 Å². The van der Waals surface area contributed by atoms with Crippen LogP contribution in [0.2, 0.25) is 0 Å². The first kappa shape index (κ1) is 21.5. The lowest BCUT2D eigenvalue weighted by Crippen LogP contribution is -2.23. The summed E-state index contributed by atoms with van der Waals surface area (Å²) in [6, 6.07) is 25.3. The Kier molecular flexibility index (Phi) is 5.07. The van der Waals surface area contributed by atoms with Crippen molar-refractivity contribution >= 4 is 22.4 Å². The Balaban J connectivity index is 1.37. The minimum atomic E-state index is -0.213. The fraction of sp³-hybridized carbons (Fsp3) is 0.0714. The molecule has 0 fully saturated rings. The van der Waals surface area contributed by atoms with E-state index in [2.05, 4.69) is 10.1 Å². The van der Waals surface area contributed by atoms with Gasteiger partial charge >= 0.3 is 0 Å². The first-order chi connectivity index (χ1) is 18.2. The molecule has 0 atom stereocenters. The van der Waals surface area contributed by atoms with Gasteiger partial charge in [0.1, 0.15) is 18.9 Å². The molecule has 9 heteroatoms. The van der Waals surface area contributed by atoms with E-state index in [-0.39, 0.29) is 5.56 Å². The molecule has 6 aromatic rings. The van der Waals surface area contributed by atoms with Gasteiger partial charge in [-0.05, 0) is 36.4 Å². The van der Waals surface area contributed by atoms with Gasteiger partial charge in [0.15, 0.2) is 17.3 Å². The van der Waals surface area contributed by atoms with Crippen LogP contribution in [-0.4, -0.2) is 37.6 Å². The molecule has 3 aromatic heterocycles. The molecule has 0 radical (unpaired) electrons. The summed E-state index contributed by atoms with van der Waals surface area (Å²) in [5.41, 5.74) is 3.96. The first-order valence-electron chi connectivity index (χ1n) is 11.7. The minimum absolute atomic E-state index is 0.213. The van der Waals surface area contributed by atoms with Crippen molar-refractivity contribution in [2.75, 3.05) is 13.2 Å². The lowest BCUT2D eigenvalue weighted by atomic mass is 10.1. The summed E-state index contributed by atoms with van der Waals surface area (Å²) in [5, 5.41) is 9.33. The maximum atomic E-state index is 13.3. The molecule has 8 nitrogen and oxygen atoms in total. The Morgan fingerprint density at radius 1 is 0.838 bits per heavy atom. The Labute approximate surface area is 214 Å². The highest BCUT2D eigenvalue weighted by molar-refractivity contribution is 7.15. The standard InChI is InChI=1S/C28H19N5O3S/c34-27-24(37-28-29-26(31-33(27)28)18-7-3-1-4-8-18)16-20-17-32(21-9-5-2-6-10-21)30-25(20)19-11-12-22-23(15-19)36-14-13-35-22/h1-12,15-17H,13-14H2/b24-16-. The molecule has 1 aliphatic heterocycles. The fourth-order valence-corrected chi connectivity index (χ4v) is 5.20. The highest BCUT2D eigenvalue weighted by Crippen LogP contribution is 2.35. The van der Waals surface area contributed by atoms with Gasteiger partial charge in [0, 0.05) is 22.9 Å². The van der Waals surface area contributed by atoms with Gasteiger partial charge in [-0.1, -0.05) is 59.9 Å². The maximum Gasteiger partial charge on any atom is 0.291 e. The van der Waals surface area contributed by atoms with Crippen molar-refractivity contribution in [1.29, 1.82) is 0 Å². The summed E-state index contributed by atoms with van der Waals surface area (Å²) >= 11 is 1.31. The van der Waals surface area contributed by atoms with Crippen molar-refractivity contribution in [2.45, 2.75) is 0 Å². The lowest BCUT2D eigenvalue weighted by molar-refractivity contribution is 0.171. The van der Waals surface area contributed by atoms with Crippen LogP contribution in [0, 0.1) is 0 Å². The van der Waals surface area contributed by atoms with Gasteiger partial charge < -0.3 is 9.47 Å². The molecule has 0 aliphatic carbocycles. The Morgan fingerprint density at radius 3 is 2.38 bits per heavy atom. The Morgan fingerprint density at radius 2 is 1.59 bits per heavy atom. The van der Waals surface area contributed by atoms with E-state index in [9.17, 15) is 4.79 Å². The van der Waals surface area contributed by atoms with Crippen molar-refractivity contribution < 1.29 is 9.47 Å². The number of hydrogen-bond acceptors (Lipinski definition) is 7. The maximum absolute atomic E-state index is 13.3. The number of fused-ring (bicyclic) bond motifs is 2. The van der Waals surface area contributed by atoms with Gasteiger partial charge in [-0.2, -0.15) is 14.6 Å². The molecule has 0 N–H and O–H groups in total. The molecule has 4 heterocycles. The van der Waals surface area contributed by atoms with Crippen molar-refractivity contribution in [3.8, 4) is 39.8 Å². The van der Waals surface area contributed by atoms with E-state index in [0.717, 1.165) is 28.1 Å². The predicted molar refractivity (Wildman–Crippen MR) is 141 cm³/mol. The zero-order valence-electron chi connectivity index (χ0n) is 19.4. The summed E-state index contributed by atoms with van der Waals surface area (Å²) in [4.78, 5) is 18.4. The minimum Gasteiger partial charge on any atom is -0.486 e. The van der Waals surface area contributed by atoms with Crippen LogP contribution in [0.3, 0.4) is 0 Å². The fourth-order valence-electron chi connectivity index (χ4n) is 4.31. The molecular formula is C28H19N5O3S. The second kappa shape index (κ2) is 8.72. The van der Waals surface area contributed by atoms with E-state index in [0.29, 0.717) is 40.0 Å². The SMILES string of the molecule is O=c1/c(=C/c2cn(-c3ccccc3)nc2-c2ccc3c(c2)OCCO3)sc2nc(-c3ccccc3)nn12. The molecule has 37 heavy (non-hydrogen) atoms. The normalized spacial score (nSPS) is 13.4. The number of aromatic nitrogens is 5. The van der Waals surface area contributed by atoms with E-state index in [1.807, 2.05) is 95.8 Å². The second-order valence-corrected chi connectivity index (χ2v) is 9.49. The number of benzene rings is 3.